The van der Waals surface area contributed by atoms with E-state index in [1.165, 1.54) is 0 Å². The van der Waals surface area contributed by atoms with Gasteiger partial charge in [0.1, 0.15) is 12.2 Å². The SMILES string of the molecule is CC1(O)COC(=O)c2ccccc21. The summed E-state index contributed by atoms with van der Waals surface area (Å²) >= 11 is 0. The van der Waals surface area contributed by atoms with E-state index < -0.39 is 5.60 Å². The fourth-order valence-electron chi connectivity index (χ4n) is 1.49. The average molecular weight is 178 g/mol. The van der Waals surface area contributed by atoms with Crippen LogP contribution < -0.4 is 0 Å². The third-order valence-electron chi connectivity index (χ3n) is 2.21. The Labute approximate surface area is 76.0 Å². The smallest absolute Gasteiger partial charge is 0.338 e. The summed E-state index contributed by atoms with van der Waals surface area (Å²) in [6.45, 7) is 1.67. The molecular weight excluding hydrogens is 168 g/mol. The Morgan fingerprint density at radius 3 is 2.85 bits per heavy atom. The van der Waals surface area contributed by atoms with Gasteiger partial charge < -0.3 is 9.84 Å². The van der Waals surface area contributed by atoms with Crippen LogP contribution >= 0.6 is 0 Å². The van der Waals surface area contributed by atoms with Crippen molar-refractivity contribution >= 4 is 5.97 Å². The van der Waals surface area contributed by atoms with Crippen LogP contribution in [-0.2, 0) is 10.3 Å². The van der Waals surface area contributed by atoms with Crippen molar-refractivity contribution in [3.63, 3.8) is 0 Å². The van der Waals surface area contributed by atoms with Gasteiger partial charge in [-0.1, -0.05) is 18.2 Å². The van der Waals surface area contributed by atoms with Crippen molar-refractivity contribution < 1.29 is 14.6 Å². The molecule has 0 amide bonds. The van der Waals surface area contributed by atoms with Crippen LogP contribution in [-0.4, -0.2) is 17.7 Å². The largest absolute Gasteiger partial charge is 0.459 e. The number of ether oxygens (including phenoxy) is 1. The highest BCUT2D eigenvalue weighted by atomic mass is 16.5. The molecule has 0 bridgehead atoms. The highest BCUT2D eigenvalue weighted by Gasteiger charge is 2.34. The first kappa shape index (κ1) is 8.26. The normalized spacial score (nSPS) is 26.5. The molecule has 0 fully saturated rings. The fourth-order valence-corrected chi connectivity index (χ4v) is 1.49. The summed E-state index contributed by atoms with van der Waals surface area (Å²) in [5.41, 5.74) is 0.0508. The predicted octanol–water partition coefficient (Wildman–Crippen LogP) is 1.06. The molecule has 1 aliphatic heterocycles. The molecule has 0 saturated carbocycles. The Hall–Kier alpha value is -1.35. The molecule has 68 valence electrons. The molecule has 1 unspecified atom stereocenters. The zero-order valence-electron chi connectivity index (χ0n) is 7.28. The minimum absolute atomic E-state index is 0.0306. The summed E-state index contributed by atoms with van der Waals surface area (Å²) in [5.74, 6) is -0.359. The highest BCUT2D eigenvalue weighted by molar-refractivity contribution is 5.92. The molecule has 0 spiro atoms. The minimum atomic E-state index is -1.05. The number of esters is 1. The van der Waals surface area contributed by atoms with Crippen LogP contribution in [0.25, 0.3) is 0 Å². The minimum Gasteiger partial charge on any atom is -0.459 e. The summed E-state index contributed by atoms with van der Waals surface area (Å²) in [6.07, 6.45) is 0. The van der Waals surface area contributed by atoms with Crippen LogP contribution in [0.1, 0.15) is 22.8 Å². The van der Waals surface area contributed by atoms with Gasteiger partial charge in [0, 0.05) is 5.56 Å². The molecule has 2 rings (SSSR count). The molecule has 1 aromatic rings. The summed E-state index contributed by atoms with van der Waals surface area (Å²) in [7, 11) is 0. The zero-order valence-corrected chi connectivity index (χ0v) is 7.28. The van der Waals surface area contributed by atoms with Gasteiger partial charge in [0.15, 0.2) is 0 Å². The van der Waals surface area contributed by atoms with Crippen LogP contribution in [0, 0.1) is 0 Å². The number of cyclic esters (lactones) is 1. The first-order chi connectivity index (χ1) is 6.11. The van der Waals surface area contributed by atoms with Crippen molar-refractivity contribution in [3.8, 4) is 0 Å². The average Bonchev–Trinajstić information content (AvgIpc) is 2.13. The lowest BCUT2D eigenvalue weighted by Crippen LogP contribution is -2.36. The zero-order chi connectivity index (χ0) is 9.47. The van der Waals surface area contributed by atoms with E-state index in [4.69, 9.17) is 4.74 Å². The van der Waals surface area contributed by atoms with E-state index in [0.717, 1.165) is 0 Å². The summed E-state index contributed by atoms with van der Waals surface area (Å²) < 4.78 is 4.83. The lowest BCUT2D eigenvalue weighted by atomic mass is 9.90. The lowest BCUT2D eigenvalue weighted by molar-refractivity contribution is -0.0346. The molecule has 13 heavy (non-hydrogen) atoms. The molecule has 3 nitrogen and oxygen atoms in total. The third kappa shape index (κ3) is 1.21. The van der Waals surface area contributed by atoms with E-state index in [0.29, 0.717) is 11.1 Å². The van der Waals surface area contributed by atoms with E-state index in [1.807, 2.05) is 0 Å². The van der Waals surface area contributed by atoms with Crippen molar-refractivity contribution in [2.24, 2.45) is 0 Å². The Morgan fingerprint density at radius 1 is 1.46 bits per heavy atom. The Balaban J connectivity index is 2.61. The molecule has 1 heterocycles. The molecular formula is C10H10O3. The van der Waals surface area contributed by atoms with Gasteiger partial charge in [0.05, 0.1) is 5.56 Å². The Bertz CT molecular complexity index is 355. The number of hydrogen-bond donors (Lipinski definition) is 1. The summed E-state index contributed by atoms with van der Waals surface area (Å²) in [5, 5.41) is 9.87. The van der Waals surface area contributed by atoms with Gasteiger partial charge in [-0.3, -0.25) is 0 Å². The number of carbonyl (C=O) groups is 1. The molecule has 1 N–H and O–H groups in total. The van der Waals surface area contributed by atoms with Crippen molar-refractivity contribution in [1.29, 1.82) is 0 Å². The second-order valence-electron chi connectivity index (χ2n) is 3.40. The van der Waals surface area contributed by atoms with Crippen LogP contribution in [0.5, 0.6) is 0 Å². The van der Waals surface area contributed by atoms with Crippen molar-refractivity contribution in [3.05, 3.63) is 35.4 Å². The van der Waals surface area contributed by atoms with Crippen LogP contribution in [0.4, 0.5) is 0 Å². The number of hydrogen-bond acceptors (Lipinski definition) is 3. The summed E-state index contributed by atoms with van der Waals surface area (Å²) in [4.78, 5) is 11.2. The van der Waals surface area contributed by atoms with Crippen LogP contribution in [0.2, 0.25) is 0 Å². The van der Waals surface area contributed by atoms with Gasteiger partial charge in [-0.2, -0.15) is 0 Å². The standard InChI is InChI=1S/C10H10O3/c1-10(12)6-13-9(11)7-4-2-3-5-8(7)10/h2-5,12H,6H2,1H3. The molecule has 0 radical (unpaired) electrons. The molecule has 0 saturated heterocycles. The van der Waals surface area contributed by atoms with Crippen molar-refractivity contribution in [2.45, 2.75) is 12.5 Å². The van der Waals surface area contributed by atoms with Crippen LogP contribution in [0.15, 0.2) is 24.3 Å². The molecule has 0 aliphatic carbocycles. The quantitative estimate of drug-likeness (QED) is 0.604. The number of rotatable bonds is 0. The van der Waals surface area contributed by atoms with Gasteiger partial charge in [0.25, 0.3) is 0 Å². The van der Waals surface area contributed by atoms with E-state index in [-0.39, 0.29) is 12.6 Å². The Kier molecular flexibility index (Phi) is 1.63. The van der Waals surface area contributed by atoms with Gasteiger partial charge in [-0.25, -0.2) is 4.79 Å². The lowest BCUT2D eigenvalue weighted by Gasteiger charge is -2.29. The van der Waals surface area contributed by atoms with E-state index >= 15 is 0 Å². The van der Waals surface area contributed by atoms with Gasteiger partial charge in [-0.15, -0.1) is 0 Å². The summed E-state index contributed by atoms with van der Waals surface area (Å²) in [6, 6.07) is 6.95. The molecule has 1 atom stereocenters. The second-order valence-corrected chi connectivity index (χ2v) is 3.40. The number of carbonyl (C=O) groups excluding carboxylic acids is 1. The van der Waals surface area contributed by atoms with Crippen LogP contribution in [0.3, 0.4) is 0 Å². The predicted molar refractivity (Wildman–Crippen MR) is 46.3 cm³/mol. The first-order valence-corrected chi connectivity index (χ1v) is 4.10. The monoisotopic (exact) mass is 178 g/mol. The van der Waals surface area contributed by atoms with Crippen molar-refractivity contribution in [2.75, 3.05) is 6.61 Å². The molecule has 3 heteroatoms. The van der Waals surface area contributed by atoms with Gasteiger partial charge >= 0.3 is 5.97 Å². The maximum Gasteiger partial charge on any atom is 0.338 e. The number of aliphatic hydroxyl groups is 1. The third-order valence-corrected chi connectivity index (χ3v) is 2.21. The van der Waals surface area contributed by atoms with Crippen molar-refractivity contribution in [1.82, 2.24) is 0 Å². The molecule has 0 aromatic heterocycles. The van der Waals surface area contributed by atoms with Gasteiger partial charge in [-0.05, 0) is 13.0 Å². The van der Waals surface area contributed by atoms with Gasteiger partial charge in [0.2, 0.25) is 0 Å². The number of benzene rings is 1. The maximum absolute atomic E-state index is 11.2. The van der Waals surface area contributed by atoms with E-state index in [2.05, 4.69) is 0 Å². The first-order valence-electron chi connectivity index (χ1n) is 4.10. The van der Waals surface area contributed by atoms with E-state index in [1.54, 1.807) is 31.2 Å². The maximum atomic E-state index is 11.2. The highest BCUT2D eigenvalue weighted by Crippen LogP contribution is 2.29. The number of fused-ring (bicyclic) bond motifs is 1. The molecule has 1 aliphatic rings. The fraction of sp³-hybridized carbons (Fsp3) is 0.300. The second kappa shape index (κ2) is 2.57. The topological polar surface area (TPSA) is 46.5 Å². The van der Waals surface area contributed by atoms with E-state index in [9.17, 15) is 9.90 Å². The molecule has 1 aromatic carbocycles. The Morgan fingerprint density at radius 2 is 2.15 bits per heavy atom.